The SMILES string of the molecule is COC(=O)C(N)CCN1CCC(C)(C)CC1. The summed E-state index contributed by atoms with van der Waals surface area (Å²) in [6.45, 7) is 7.74. The fourth-order valence-electron chi connectivity index (χ4n) is 1.97. The number of nitrogens with two attached hydrogens (primary N) is 1. The molecule has 0 bridgehead atoms. The molecular weight excluding hydrogens is 204 g/mol. The molecule has 0 amide bonds. The second kappa shape index (κ2) is 5.64. The Balaban J connectivity index is 2.22. The van der Waals surface area contributed by atoms with E-state index in [-0.39, 0.29) is 5.97 Å². The van der Waals surface area contributed by atoms with E-state index in [0.29, 0.717) is 11.8 Å². The lowest BCUT2D eigenvalue weighted by Gasteiger charge is -2.37. The lowest BCUT2D eigenvalue weighted by atomic mass is 9.82. The minimum atomic E-state index is -0.472. The molecule has 0 aliphatic carbocycles. The molecule has 2 N–H and O–H groups in total. The zero-order valence-corrected chi connectivity index (χ0v) is 10.7. The fourth-order valence-corrected chi connectivity index (χ4v) is 1.97. The lowest BCUT2D eigenvalue weighted by molar-refractivity contribution is -0.142. The van der Waals surface area contributed by atoms with Gasteiger partial charge in [0.05, 0.1) is 7.11 Å². The van der Waals surface area contributed by atoms with Crippen LogP contribution >= 0.6 is 0 Å². The molecule has 1 aliphatic rings. The van der Waals surface area contributed by atoms with Crippen molar-refractivity contribution in [2.75, 3.05) is 26.7 Å². The number of hydrogen-bond donors (Lipinski definition) is 1. The van der Waals surface area contributed by atoms with Crippen molar-refractivity contribution in [3.05, 3.63) is 0 Å². The van der Waals surface area contributed by atoms with Crippen LogP contribution in [0.1, 0.15) is 33.1 Å². The maximum absolute atomic E-state index is 11.1. The monoisotopic (exact) mass is 228 g/mol. The molecule has 1 unspecified atom stereocenters. The average molecular weight is 228 g/mol. The van der Waals surface area contributed by atoms with Gasteiger partial charge in [0.25, 0.3) is 0 Å². The van der Waals surface area contributed by atoms with E-state index in [9.17, 15) is 4.79 Å². The second-order valence-electron chi connectivity index (χ2n) is 5.42. The largest absolute Gasteiger partial charge is 0.468 e. The molecule has 1 rings (SSSR count). The number of piperidine rings is 1. The van der Waals surface area contributed by atoms with Gasteiger partial charge in [0, 0.05) is 6.54 Å². The molecule has 0 aromatic heterocycles. The molecule has 4 nitrogen and oxygen atoms in total. The standard InChI is InChI=1S/C12H24N2O2/c1-12(2)5-8-14(9-6-12)7-4-10(13)11(15)16-3/h10H,4-9,13H2,1-3H3. The quantitative estimate of drug-likeness (QED) is 0.729. The number of hydrogen-bond acceptors (Lipinski definition) is 4. The molecule has 0 spiro atoms. The van der Waals surface area contributed by atoms with Crippen molar-refractivity contribution in [2.24, 2.45) is 11.1 Å². The van der Waals surface area contributed by atoms with Gasteiger partial charge < -0.3 is 15.4 Å². The first kappa shape index (κ1) is 13.5. The van der Waals surface area contributed by atoms with Gasteiger partial charge in [0.2, 0.25) is 0 Å². The maximum atomic E-state index is 11.1. The van der Waals surface area contributed by atoms with E-state index in [4.69, 9.17) is 5.73 Å². The Morgan fingerprint density at radius 3 is 2.50 bits per heavy atom. The summed E-state index contributed by atoms with van der Waals surface area (Å²) in [5, 5.41) is 0. The van der Waals surface area contributed by atoms with Gasteiger partial charge in [-0.2, -0.15) is 0 Å². The number of carbonyl (C=O) groups excluding carboxylic acids is 1. The molecule has 94 valence electrons. The van der Waals surface area contributed by atoms with E-state index in [1.165, 1.54) is 20.0 Å². The van der Waals surface area contributed by atoms with Crippen LogP contribution in [-0.4, -0.2) is 43.7 Å². The molecule has 1 atom stereocenters. The summed E-state index contributed by atoms with van der Waals surface area (Å²) in [5.74, 6) is -0.308. The van der Waals surface area contributed by atoms with Crippen LogP contribution in [0.2, 0.25) is 0 Å². The van der Waals surface area contributed by atoms with Crippen LogP contribution in [0.3, 0.4) is 0 Å². The van der Waals surface area contributed by atoms with Crippen molar-refractivity contribution >= 4 is 5.97 Å². The van der Waals surface area contributed by atoms with E-state index in [0.717, 1.165) is 19.6 Å². The number of rotatable bonds is 4. The molecule has 16 heavy (non-hydrogen) atoms. The first-order valence-electron chi connectivity index (χ1n) is 6.00. The third-order valence-electron chi connectivity index (χ3n) is 3.47. The van der Waals surface area contributed by atoms with Crippen molar-refractivity contribution in [1.29, 1.82) is 0 Å². The first-order chi connectivity index (χ1) is 7.44. The summed E-state index contributed by atoms with van der Waals surface area (Å²) in [7, 11) is 1.38. The summed E-state index contributed by atoms with van der Waals surface area (Å²) >= 11 is 0. The van der Waals surface area contributed by atoms with Crippen LogP contribution in [0.15, 0.2) is 0 Å². The molecule has 4 heteroatoms. The van der Waals surface area contributed by atoms with Crippen LogP contribution in [0.4, 0.5) is 0 Å². The number of methoxy groups -OCH3 is 1. The smallest absolute Gasteiger partial charge is 0.322 e. The molecule has 0 radical (unpaired) electrons. The molecule has 1 fully saturated rings. The van der Waals surface area contributed by atoms with Crippen LogP contribution in [0.5, 0.6) is 0 Å². The van der Waals surface area contributed by atoms with Crippen molar-refractivity contribution in [3.8, 4) is 0 Å². The van der Waals surface area contributed by atoms with Gasteiger partial charge in [-0.05, 0) is 37.8 Å². The van der Waals surface area contributed by atoms with E-state index < -0.39 is 6.04 Å². The molecular formula is C12H24N2O2. The molecule has 0 aromatic rings. The highest BCUT2D eigenvalue weighted by Gasteiger charge is 2.25. The minimum absolute atomic E-state index is 0.308. The molecule has 1 aliphatic heterocycles. The first-order valence-corrected chi connectivity index (χ1v) is 6.00. The predicted molar refractivity (Wildman–Crippen MR) is 64.1 cm³/mol. The van der Waals surface area contributed by atoms with Crippen LogP contribution in [-0.2, 0) is 9.53 Å². The Morgan fingerprint density at radius 1 is 1.44 bits per heavy atom. The zero-order valence-electron chi connectivity index (χ0n) is 10.7. The van der Waals surface area contributed by atoms with Crippen molar-refractivity contribution in [2.45, 2.75) is 39.2 Å². The van der Waals surface area contributed by atoms with E-state index in [1.54, 1.807) is 0 Å². The van der Waals surface area contributed by atoms with Gasteiger partial charge >= 0.3 is 5.97 Å². The molecule has 1 heterocycles. The fraction of sp³-hybridized carbons (Fsp3) is 0.917. The van der Waals surface area contributed by atoms with E-state index in [2.05, 4.69) is 23.5 Å². The maximum Gasteiger partial charge on any atom is 0.322 e. The third-order valence-corrected chi connectivity index (χ3v) is 3.47. The predicted octanol–water partition coefficient (Wildman–Crippen LogP) is 0.999. The summed E-state index contributed by atoms with van der Waals surface area (Å²) in [6, 6.07) is -0.472. The molecule has 0 aromatic carbocycles. The van der Waals surface area contributed by atoms with E-state index in [1.807, 2.05) is 0 Å². The highest BCUT2D eigenvalue weighted by molar-refractivity contribution is 5.75. The Morgan fingerprint density at radius 2 is 2.00 bits per heavy atom. The number of esters is 1. The summed E-state index contributed by atoms with van der Waals surface area (Å²) in [6.07, 6.45) is 3.13. The van der Waals surface area contributed by atoms with Crippen LogP contribution in [0, 0.1) is 5.41 Å². The zero-order chi connectivity index (χ0) is 12.2. The van der Waals surface area contributed by atoms with Gasteiger partial charge in [-0.3, -0.25) is 4.79 Å². The topological polar surface area (TPSA) is 55.6 Å². The van der Waals surface area contributed by atoms with Gasteiger partial charge in [0.15, 0.2) is 0 Å². The summed E-state index contributed by atoms with van der Waals surface area (Å²) in [5.41, 5.74) is 6.17. The van der Waals surface area contributed by atoms with Crippen LogP contribution < -0.4 is 5.73 Å². The summed E-state index contributed by atoms with van der Waals surface area (Å²) in [4.78, 5) is 13.5. The number of ether oxygens (including phenoxy) is 1. The molecule has 0 saturated carbocycles. The third kappa shape index (κ3) is 4.10. The van der Waals surface area contributed by atoms with Crippen molar-refractivity contribution in [3.63, 3.8) is 0 Å². The van der Waals surface area contributed by atoms with E-state index >= 15 is 0 Å². The van der Waals surface area contributed by atoms with Crippen molar-refractivity contribution < 1.29 is 9.53 Å². The minimum Gasteiger partial charge on any atom is -0.468 e. The number of carbonyl (C=O) groups is 1. The Hall–Kier alpha value is -0.610. The summed E-state index contributed by atoms with van der Waals surface area (Å²) < 4.78 is 4.60. The van der Waals surface area contributed by atoms with Gasteiger partial charge in [-0.1, -0.05) is 13.8 Å². The number of likely N-dealkylation sites (tertiary alicyclic amines) is 1. The van der Waals surface area contributed by atoms with Gasteiger partial charge in [0.1, 0.15) is 6.04 Å². The lowest BCUT2D eigenvalue weighted by Crippen LogP contribution is -2.41. The second-order valence-corrected chi connectivity index (χ2v) is 5.42. The Labute approximate surface area is 98.1 Å². The Bertz CT molecular complexity index is 231. The van der Waals surface area contributed by atoms with Gasteiger partial charge in [-0.15, -0.1) is 0 Å². The molecule has 1 saturated heterocycles. The Kier molecular flexibility index (Phi) is 4.74. The highest BCUT2D eigenvalue weighted by atomic mass is 16.5. The number of nitrogens with zero attached hydrogens (tertiary/aromatic N) is 1. The highest BCUT2D eigenvalue weighted by Crippen LogP contribution is 2.29. The van der Waals surface area contributed by atoms with Gasteiger partial charge in [-0.25, -0.2) is 0 Å². The van der Waals surface area contributed by atoms with Crippen molar-refractivity contribution in [1.82, 2.24) is 4.90 Å². The average Bonchev–Trinajstić information content (AvgIpc) is 2.26. The normalized spacial score (nSPS) is 22.8. The van der Waals surface area contributed by atoms with Crippen LogP contribution in [0.25, 0.3) is 0 Å².